The molecule has 1 atom stereocenters. The molecule has 0 fully saturated rings. The molecule has 6 heteroatoms. The van der Waals surface area contributed by atoms with E-state index in [0.29, 0.717) is 19.3 Å². The number of hydrogen-bond acceptors (Lipinski definition) is 6. The molecule has 0 aliphatic rings. The van der Waals surface area contributed by atoms with Gasteiger partial charge in [-0.25, -0.2) is 0 Å². The molecular formula is C56H98O6. The van der Waals surface area contributed by atoms with Crippen molar-refractivity contribution >= 4 is 17.9 Å². The molecule has 0 aromatic rings. The van der Waals surface area contributed by atoms with E-state index >= 15 is 0 Å². The Balaban J connectivity index is 4.39. The van der Waals surface area contributed by atoms with Gasteiger partial charge in [0.25, 0.3) is 0 Å². The standard InChI is InChI=1S/C56H98O6/c1-4-7-10-13-16-19-22-25-26-27-28-29-30-32-34-37-40-43-46-49-55(58)61-52-53(51-60-54(57)48-45-42-39-36-33-24-21-18-15-12-9-6-3)62-56(59)50-47-44-41-38-35-31-23-20-17-14-11-8-5-2/h9,12,18,21,31,33,35-36,41,44,53H,4-8,10-11,13-17,19-20,22-30,32,34,37-40,42-43,45-52H2,1-3H3/b12-9-,21-18-,35-31-,36-33-,44-41-. The van der Waals surface area contributed by atoms with Crippen LogP contribution in [0.1, 0.15) is 258 Å². The molecule has 1 unspecified atom stereocenters. The van der Waals surface area contributed by atoms with E-state index < -0.39 is 6.10 Å². The lowest BCUT2D eigenvalue weighted by atomic mass is 10.0. The highest BCUT2D eigenvalue weighted by Crippen LogP contribution is 2.16. The van der Waals surface area contributed by atoms with Crippen LogP contribution in [-0.4, -0.2) is 37.2 Å². The minimum absolute atomic E-state index is 0.107. The summed E-state index contributed by atoms with van der Waals surface area (Å²) in [5, 5.41) is 0. The number of esters is 3. The number of carbonyl (C=O) groups is 3. The SMILES string of the molecule is CC/C=C\C/C=C\C/C=C\CCCCC(=O)OCC(COC(=O)CCCCCCCCCCCCCCCCCCCCC)OC(=O)CC/C=C\C/C=C\CCCCCCCC. The average molecular weight is 867 g/mol. The molecule has 6 nitrogen and oxygen atoms in total. The summed E-state index contributed by atoms with van der Waals surface area (Å²) in [6.45, 7) is 6.44. The van der Waals surface area contributed by atoms with Gasteiger partial charge in [-0.15, -0.1) is 0 Å². The maximum Gasteiger partial charge on any atom is 0.306 e. The van der Waals surface area contributed by atoms with Crippen molar-refractivity contribution in [2.24, 2.45) is 0 Å². The number of carbonyl (C=O) groups excluding carboxylic acids is 3. The average Bonchev–Trinajstić information content (AvgIpc) is 3.27. The van der Waals surface area contributed by atoms with Crippen LogP contribution in [0, 0.1) is 0 Å². The van der Waals surface area contributed by atoms with Gasteiger partial charge in [0.2, 0.25) is 0 Å². The van der Waals surface area contributed by atoms with Crippen LogP contribution in [0.5, 0.6) is 0 Å². The predicted octanol–water partition coefficient (Wildman–Crippen LogP) is 17.3. The van der Waals surface area contributed by atoms with Crippen LogP contribution in [0.2, 0.25) is 0 Å². The largest absolute Gasteiger partial charge is 0.462 e. The molecule has 0 aliphatic heterocycles. The highest BCUT2D eigenvalue weighted by atomic mass is 16.6. The third-order valence-corrected chi connectivity index (χ3v) is 11.3. The fourth-order valence-corrected chi connectivity index (χ4v) is 7.33. The lowest BCUT2D eigenvalue weighted by molar-refractivity contribution is -0.166. The molecule has 0 heterocycles. The van der Waals surface area contributed by atoms with Gasteiger partial charge < -0.3 is 14.2 Å². The number of allylic oxidation sites excluding steroid dienone is 10. The smallest absolute Gasteiger partial charge is 0.306 e. The predicted molar refractivity (Wildman–Crippen MR) is 265 cm³/mol. The minimum Gasteiger partial charge on any atom is -0.462 e. The summed E-state index contributed by atoms with van der Waals surface area (Å²) in [7, 11) is 0. The first-order chi connectivity index (χ1) is 30.5. The van der Waals surface area contributed by atoms with Crippen molar-refractivity contribution in [3.63, 3.8) is 0 Å². The van der Waals surface area contributed by atoms with Crippen molar-refractivity contribution in [2.45, 2.75) is 264 Å². The van der Waals surface area contributed by atoms with E-state index in [0.717, 1.165) is 70.6 Å². The van der Waals surface area contributed by atoms with Crippen LogP contribution in [0.15, 0.2) is 60.8 Å². The van der Waals surface area contributed by atoms with E-state index in [1.807, 2.05) is 6.08 Å². The summed E-state index contributed by atoms with van der Waals surface area (Å²) < 4.78 is 16.7. The summed E-state index contributed by atoms with van der Waals surface area (Å²) in [6.07, 6.45) is 62.3. The second kappa shape index (κ2) is 50.8. The Morgan fingerprint density at radius 1 is 0.339 bits per heavy atom. The Morgan fingerprint density at radius 2 is 0.661 bits per heavy atom. The third kappa shape index (κ3) is 48.1. The Bertz CT molecular complexity index is 1130. The van der Waals surface area contributed by atoms with Gasteiger partial charge in [0, 0.05) is 19.3 Å². The van der Waals surface area contributed by atoms with Crippen LogP contribution in [-0.2, 0) is 28.6 Å². The highest BCUT2D eigenvalue weighted by molar-refractivity contribution is 5.71. The Morgan fingerprint density at radius 3 is 1.08 bits per heavy atom. The van der Waals surface area contributed by atoms with Crippen molar-refractivity contribution in [3.05, 3.63) is 60.8 Å². The lowest BCUT2D eigenvalue weighted by Crippen LogP contribution is -2.30. The number of unbranched alkanes of at least 4 members (excludes halogenated alkanes) is 26. The zero-order valence-corrected chi connectivity index (χ0v) is 40.9. The summed E-state index contributed by atoms with van der Waals surface area (Å²) in [4.78, 5) is 37.9. The monoisotopic (exact) mass is 867 g/mol. The first kappa shape index (κ1) is 59.1. The van der Waals surface area contributed by atoms with Gasteiger partial charge in [-0.05, 0) is 70.6 Å². The van der Waals surface area contributed by atoms with Gasteiger partial charge in [0.15, 0.2) is 6.10 Å². The van der Waals surface area contributed by atoms with Gasteiger partial charge in [-0.3, -0.25) is 14.4 Å². The molecule has 62 heavy (non-hydrogen) atoms. The maximum atomic E-state index is 12.7. The number of ether oxygens (including phenoxy) is 3. The third-order valence-electron chi connectivity index (χ3n) is 11.3. The summed E-state index contributed by atoms with van der Waals surface area (Å²) >= 11 is 0. The van der Waals surface area contributed by atoms with Crippen LogP contribution < -0.4 is 0 Å². The molecule has 0 aromatic carbocycles. The van der Waals surface area contributed by atoms with Crippen molar-refractivity contribution in [3.8, 4) is 0 Å². The Kier molecular flexibility index (Phi) is 48.4. The van der Waals surface area contributed by atoms with E-state index in [4.69, 9.17) is 14.2 Å². The van der Waals surface area contributed by atoms with E-state index in [-0.39, 0.29) is 37.5 Å². The number of hydrogen-bond donors (Lipinski definition) is 0. The fraction of sp³-hybridized carbons (Fsp3) is 0.768. The lowest BCUT2D eigenvalue weighted by Gasteiger charge is -2.18. The van der Waals surface area contributed by atoms with Crippen LogP contribution in [0.4, 0.5) is 0 Å². The molecule has 0 spiro atoms. The highest BCUT2D eigenvalue weighted by Gasteiger charge is 2.19. The molecule has 0 radical (unpaired) electrons. The normalized spacial score (nSPS) is 12.5. The Labute approximate surface area is 383 Å². The van der Waals surface area contributed by atoms with Gasteiger partial charge >= 0.3 is 17.9 Å². The summed E-state index contributed by atoms with van der Waals surface area (Å²) in [5.41, 5.74) is 0. The second-order valence-corrected chi connectivity index (χ2v) is 17.4. The van der Waals surface area contributed by atoms with Crippen molar-refractivity contribution < 1.29 is 28.6 Å². The maximum absolute atomic E-state index is 12.7. The molecule has 0 N–H and O–H groups in total. The second-order valence-electron chi connectivity index (χ2n) is 17.4. The van der Waals surface area contributed by atoms with Gasteiger partial charge in [0.1, 0.15) is 13.2 Å². The zero-order valence-electron chi connectivity index (χ0n) is 40.9. The van der Waals surface area contributed by atoms with E-state index in [1.165, 1.54) is 141 Å². The van der Waals surface area contributed by atoms with Crippen molar-refractivity contribution in [1.82, 2.24) is 0 Å². The topological polar surface area (TPSA) is 78.9 Å². The van der Waals surface area contributed by atoms with Crippen LogP contribution in [0.25, 0.3) is 0 Å². The van der Waals surface area contributed by atoms with Gasteiger partial charge in [-0.2, -0.15) is 0 Å². The number of rotatable bonds is 47. The molecular weight excluding hydrogens is 769 g/mol. The van der Waals surface area contributed by atoms with Crippen molar-refractivity contribution in [1.29, 1.82) is 0 Å². The van der Waals surface area contributed by atoms with Crippen LogP contribution in [0.3, 0.4) is 0 Å². The fourth-order valence-electron chi connectivity index (χ4n) is 7.33. The minimum atomic E-state index is -0.817. The molecule has 0 saturated carbocycles. The first-order valence-electron chi connectivity index (χ1n) is 26.3. The molecule has 358 valence electrons. The summed E-state index contributed by atoms with van der Waals surface area (Å²) in [5.74, 6) is -1.01. The molecule has 0 rings (SSSR count). The molecule has 0 aliphatic carbocycles. The molecule has 0 saturated heterocycles. The van der Waals surface area contributed by atoms with E-state index in [1.54, 1.807) is 0 Å². The van der Waals surface area contributed by atoms with Gasteiger partial charge in [0.05, 0.1) is 0 Å². The molecule has 0 bridgehead atoms. The quantitative estimate of drug-likeness (QED) is 0.0262. The first-order valence-corrected chi connectivity index (χ1v) is 26.3. The molecule has 0 amide bonds. The Hall–Kier alpha value is -2.89. The van der Waals surface area contributed by atoms with Gasteiger partial charge in [-0.1, -0.05) is 229 Å². The molecule has 0 aromatic heterocycles. The van der Waals surface area contributed by atoms with Crippen molar-refractivity contribution in [2.75, 3.05) is 13.2 Å². The van der Waals surface area contributed by atoms with E-state index in [2.05, 4.69) is 75.5 Å². The van der Waals surface area contributed by atoms with Crippen LogP contribution >= 0.6 is 0 Å². The van der Waals surface area contributed by atoms with E-state index in [9.17, 15) is 14.4 Å². The zero-order chi connectivity index (χ0) is 45.1. The summed E-state index contributed by atoms with van der Waals surface area (Å²) in [6, 6.07) is 0.